The second-order valence-corrected chi connectivity index (χ2v) is 4.61. The average molecular weight is 281 g/mol. The van der Waals surface area contributed by atoms with E-state index >= 15 is 0 Å². The van der Waals surface area contributed by atoms with Gasteiger partial charge in [0.05, 0.1) is 17.1 Å². The molecule has 0 radical (unpaired) electrons. The molecule has 1 heterocycles. The molecule has 1 saturated heterocycles. The standard InChI is InChI=1S/C13H15NO6/c15-13(16)10-1-2-12(11(7-10)14(17)18)20-8-9-3-5-19-6-4-9/h1-2,7,9H,3-6,8H2,(H,15,16). The lowest BCUT2D eigenvalue weighted by molar-refractivity contribution is -0.386. The molecule has 7 heteroatoms. The maximum absolute atomic E-state index is 11.0. The number of aromatic carboxylic acids is 1. The molecule has 1 aliphatic heterocycles. The minimum Gasteiger partial charge on any atom is -0.487 e. The number of hydrogen-bond donors (Lipinski definition) is 1. The molecule has 0 unspecified atom stereocenters. The van der Waals surface area contributed by atoms with E-state index in [1.807, 2.05) is 0 Å². The quantitative estimate of drug-likeness (QED) is 0.655. The molecule has 108 valence electrons. The predicted octanol–water partition coefficient (Wildman–Crippen LogP) is 2.10. The smallest absolute Gasteiger partial charge is 0.335 e. The van der Waals surface area contributed by atoms with Gasteiger partial charge in [0.15, 0.2) is 5.75 Å². The van der Waals surface area contributed by atoms with Crippen molar-refractivity contribution in [2.45, 2.75) is 12.8 Å². The summed E-state index contributed by atoms with van der Waals surface area (Å²) in [5.74, 6) is -0.793. The van der Waals surface area contributed by atoms with Gasteiger partial charge < -0.3 is 14.6 Å². The van der Waals surface area contributed by atoms with E-state index in [0.29, 0.717) is 25.7 Å². The molecule has 1 N–H and O–H groups in total. The first kappa shape index (κ1) is 14.3. The molecule has 1 aromatic rings. The number of nitrogens with zero attached hydrogens (tertiary/aromatic N) is 1. The molecule has 0 saturated carbocycles. The highest BCUT2D eigenvalue weighted by molar-refractivity contribution is 5.88. The van der Waals surface area contributed by atoms with Crippen LogP contribution in [0, 0.1) is 16.0 Å². The summed E-state index contributed by atoms with van der Waals surface area (Å²) in [6, 6.07) is 3.65. The van der Waals surface area contributed by atoms with Gasteiger partial charge in [-0.2, -0.15) is 0 Å². The van der Waals surface area contributed by atoms with E-state index in [2.05, 4.69) is 0 Å². The fraction of sp³-hybridized carbons (Fsp3) is 0.462. The Labute approximate surface area is 115 Å². The summed E-state index contributed by atoms with van der Waals surface area (Å²) in [5.41, 5.74) is -0.452. The Hall–Kier alpha value is -2.15. The first-order valence-corrected chi connectivity index (χ1v) is 6.30. The van der Waals surface area contributed by atoms with Crippen molar-refractivity contribution < 1.29 is 24.3 Å². The van der Waals surface area contributed by atoms with Gasteiger partial charge in [0.25, 0.3) is 0 Å². The van der Waals surface area contributed by atoms with Gasteiger partial charge in [0, 0.05) is 19.3 Å². The summed E-state index contributed by atoms with van der Waals surface area (Å²) >= 11 is 0. The number of carbonyl (C=O) groups is 1. The van der Waals surface area contributed by atoms with Crippen LogP contribution in [0.1, 0.15) is 23.2 Å². The van der Waals surface area contributed by atoms with Crippen molar-refractivity contribution in [1.29, 1.82) is 0 Å². The van der Waals surface area contributed by atoms with E-state index in [9.17, 15) is 14.9 Å². The third-order valence-electron chi connectivity index (χ3n) is 3.22. The fourth-order valence-electron chi connectivity index (χ4n) is 2.04. The van der Waals surface area contributed by atoms with E-state index in [1.165, 1.54) is 12.1 Å². The summed E-state index contributed by atoms with van der Waals surface area (Å²) in [4.78, 5) is 21.1. The van der Waals surface area contributed by atoms with Crippen molar-refractivity contribution >= 4 is 11.7 Å². The molecule has 1 aromatic carbocycles. The topological polar surface area (TPSA) is 98.9 Å². The van der Waals surface area contributed by atoms with Gasteiger partial charge in [-0.05, 0) is 30.9 Å². The Balaban J connectivity index is 2.09. The zero-order valence-corrected chi connectivity index (χ0v) is 10.8. The first-order chi connectivity index (χ1) is 9.58. The van der Waals surface area contributed by atoms with Crippen LogP contribution in [0.2, 0.25) is 0 Å². The molecule has 0 aromatic heterocycles. The Kier molecular flexibility index (Phi) is 4.52. The molecule has 0 bridgehead atoms. The lowest BCUT2D eigenvalue weighted by Crippen LogP contribution is -2.21. The summed E-state index contributed by atoms with van der Waals surface area (Å²) in [6.45, 7) is 1.72. The summed E-state index contributed by atoms with van der Waals surface area (Å²) < 4.78 is 10.7. The second kappa shape index (κ2) is 6.33. The number of ether oxygens (including phenoxy) is 2. The molecule has 0 aliphatic carbocycles. The number of hydrogen-bond acceptors (Lipinski definition) is 5. The number of nitro benzene ring substituents is 1. The minimum atomic E-state index is -1.20. The van der Waals surface area contributed by atoms with Crippen LogP contribution in [-0.4, -0.2) is 35.8 Å². The molecule has 2 rings (SSSR count). The van der Waals surface area contributed by atoms with E-state index in [4.69, 9.17) is 14.6 Å². The number of nitro groups is 1. The number of carboxylic acid groups (broad SMARTS) is 1. The zero-order valence-electron chi connectivity index (χ0n) is 10.8. The lowest BCUT2D eigenvalue weighted by atomic mass is 10.0. The van der Waals surface area contributed by atoms with Gasteiger partial charge in [-0.3, -0.25) is 10.1 Å². The molecular formula is C13H15NO6. The Bertz CT molecular complexity index is 510. The van der Waals surface area contributed by atoms with Crippen LogP contribution in [-0.2, 0) is 4.74 Å². The van der Waals surface area contributed by atoms with Crippen LogP contribution in [0.25, 0.3) is 0 Å². The highest BCUT2D eigenvalue weighted by atomic mass is 16.6. The van der Waals surface area contributed by atoms with Crippen molar-refractivity contribution in [3.05, 3.63) is 33.9 Å². The maximum atomic E-state index is 11.0. The van der Waals surface area contributed by atoms with Gasteiger partial charge >= 0.3 is 11.7 Å². The molecule has 7 nitrogen and oxygen atoms in total. The fourth-order valence-corrected chi connectivity index (χ4v) is 2.04. The largest absolute Gasteiger partial charge is 0.487 e. The van der Waals surface area contributed by atoms with Crippen molar-refractivity contribution in [1.82, 2.24) is 0 Å². The van der Waals surface area contributed by atoms with Gasteiger partial charge in [-0.1, -0.05) is 0 Å². The lowest BCUT2D eigenvalue weighted by Gasteiger charge is -2.21. The SMILES string of the molecule is O=C(O)c1ccc(OCC2CCOCC2)c([N+](=O)[O-])c1. The third kappa shape index (κ3) is 3.45. The number of rotatable bonds is 5. The summed E-state index contributed by atoms with van der Waals surface area (Å²) in [6.07, 6.45) is 1.72. The predicted molar refractivity (Wildman–Crippen MR) is 69.1 cm³/mol. The van der Waals surface area contributed by atoms with Gasteiger partial charge in [-0.25, -0.2) is 4.79 Å². The summed E-state index contributed by atoms with van der Waals surface area (Å²) in [5, 5.41) is 19.8. The molecule has 0 spiro atoms. The normalized spacial score (nSPS) is 15.8. The van der Waals surface area contributed by atoms with Gasteiger partial charge in [-0.15, -0.1) is 0 Å². The van der Waals surface area contributed by atoms with Crippen molar-refractivity contribution in [3.63, 3.8) is 0 Å². The Morgan fingerprint density at radius 3 is 2.75 bits per heavy atom. The monoisotopic (exact) mass is 281 g/mol. The van der Waals surface area contributed by atoms with Crippen molar-refractivity contribution in [3.8, 4) is 5.75 Å². The van der Waals surface area contributed by atoms with Gasteiger partial charge in [0.1, 0.15) is 0 Å². The van der Waals surface area contributed by atoms with Crippen LogP contribution in [0.15, 0.2) is 18.2 Å². The van der Waals surface area contributed by atoms with Crippen molar-refractivity contribution in [2.75, 3.05) is 19.8 Å². The highest BCUT2D eigenvalue weighted by Gasteiger charge is 2.20. The molecule has 1 fully saturated rings. The third-order valence-corrected chi connectivity index (χ3v) is 3.22. The zero-order chi connectivity index (χ0) is 14.5. The highest BCUT2D eigenvalue weighted by Crippen LogP contribution is 2.29. The molecule has 1 aliphatic rings. The Morgan fingerprint density at radius 1 is 1.45 bits per heavy atom. The van der Waals surface area contributed by atoms with E-state index in [1.54, 1.807) is 0 Å². The Morgan fingerprint density at radius 2 is 2.15 bits per heavy atom. The van der Waals surface area contributed by atoms with Crippen LogP contribution in [0.3, 0.4) is 0 Å². The van der Waals surface area contributed by atoms with Crippen LogP contribution >= 0.6 is 0 Å². The minimum absolute atomic E-state index is 0.103. The van der Waals surface area contributed by atoms with Crippen LogP contribution in [0.5, 0.6) is 5.75 Å². The molecule has 0 atom stereocenters. The number of benzene rings is 1. The second-order valence-electron chi connectivity index (χ2n) is 4.61. The summed E-state index contributed by atoms with van der Waals surface area (Å²) in [7, 11) is 0. The molecular weight excluding hydrogens is 266 g/mol. The van der Waals surface area contributed by atoms with Crippen LogP contribution in [0.4, 0.5) is 5.69 Å². The maximum Gasteiger partial charge on any atom is 0.335 e. The molecule has 0 amide bonds. The van der Waals surface area contributed by atoms with E-state index in [0.717, 1.165) is 18.9 Å². The van der Waals surface area contributed by atoms with Gasteiger partial charge in [0.2, 0.25) is 0 Å². The molecule has 20 heavy (non-hydrogen) atoms. The van der Waals surface area contributed by atoms with Crippen molar-refractivity contribution in [2.24, 2.45) is 5.92 Å². The first-order valence-electron chi connectivity index (χ1n) is 6.30. The van der Waals surface area contributed by atoms with E-state index in [-0.39, 0.29) is 17.0 Å². The van der Waals surface area contributed by atoms with Crippen LogP contribution < -0.4 is 4.74 Å². The van der Waals surface area contributed by atoms with E-state index < -0.39 is 10.9 Å². The number of carboxylic acids is 1. The average Bonchev–Trinajstić information content (AvgIpc) is 2.45.